The fourth-order valence-electron chi connectivity index (χ4n) is 1.07. The van der Waals surface area contributed by atoms with Gasteiger partial charge in [0.25, 0.3) is 0 Å². The van der Waals surface area contributed by atoms with E-state index in [-0.39, 0.29) is 5.92 Å². The van der Waals surface area contributed by atoms with E-state index in [9.17, 15) is 4.79 Å². The summed E-state index contributed by atoms with van der Waals surface area (Å²) in [7, 11) is 0. The highest BCUT2D eigenvalue weighted by Gasteiger charge is 2.13. The van der Waals surface area contributed by atoms with Crippen LogP contribution < -0.4 is 0 Å². The fraction of sp³-hybridized carbons (Fsp3) is 0.556. The molecule has 0 aliphatic carbocycles. The number of carboxylic acids is 1. The van der Waals surface area contributed by atoms with Crippen LogP contribution >= 0.6 is 0 Å². The predicted octanol–water partition coefficient (Wildman–Crippen LogP) is 1.24. The van der Waals surface area contributed by atoms with Gasteiger partial charge in [-0.15, -0.1) is 0 Å². The molecule has 1 unspecified atom stereocenters. The Hall–Kier alpha value is -1.32. The van der Waals surface area contributed by atoms with Crippen molar-refractivity contribution in [1.82, 2.24) is 9.97 Å². The molecule has 1 atom stereocenters. The Labute approximate surface area is 77.0 Å². The lowest BCUT2D eigenvalue weighted by molar-refractivity contribution is -0.141. The molecule has 72 valence electrons. The predicted molar refractivity (Wildman–Crippen MR) is 48.5 cm³/mol. The number of aliphatic carboxylic acids is 1. The van der Waals surface area contributed by atoms with Crippen molar-refractivity contribution in [3.8, 4) is 0 Å². The van der Waals surface area contributed by atoms with Crippen molar-refractivity contribution in [3.05, 3.63) is 17.7 Å². The summed E-state index contributed by atoms with van der Waals surface area (Å²) in [5.41, 5.74) is 1.05. The minimum atomic E-state index is -0.783. The number of hydrogen-bond acceptors (Lipinski definition) is 2. The summed E-state index contributed by atoms with van der Waals surface area (Å²) in [5, 5.41) is 8.67. The summed E-state index contributed by atoms with van der Waals surface area (Å²) in [5.74, 6) is -0.406. The zero-order valence-electron chi connectivity index (χ0n) is 7.87. The standard InChI is InChI=1S/C9H14N2O2/c1-3-7-5-10-8(11-7)4-6(2)9(12)13/h5-6H,3-4H2,1-2H3,(H,10,11)(H,12,13). The first kappa shape index (κ1) is 9.77. The van der Waals surface area contributed by atoms with Gasteiger partial charge in [0, 0.05) is 18.3 Å². The number of carboxylic acid groups (broad SMARTS) is 1. The Bertz CT molecular complexity index is 294. The van der Waals surface area contributed by atoms with Gasteiger partial charge in [0.15, 0.2) is 0 Å². The van der Waals surface area contributed by atoms with Crippen LogP contribution in [0.2, 0.25) is 0 Å². The molecule has 1 aromatic heterocycles. The van der Waals surface area contributed by atoms with E-state index in [0.29, 0.717) is 6.42 Å². The van der Waals surface area contributed by atoms with Crippen LogP contribution in [0, 0.1) is 5.92 Å². The Kier molecular flexibility index (Phi) is 3.06. The molecule has 0 spiro atoms. The normalized spacial score (nSPS) is 12.8. The zero-order chi connectivity index (χ0) is 9.84. The molecule has 0 bridgehead atoms. The summed E-state index contributed by atoms with van der Waals surface area (Å²) in [6, 6.07) is 0. The molecule has 0 fully saturated rings. The third-order valence-corrected chi connectivity index (χ3v) is 1.98. The van der Waals surface area contributed by atoms with E-state index in [0.717, 1.165) is 17.9 Å². The molecule has 4 nitrogen and oxygen atoms in total. The number of H-pyrrole nitrogens is 1. The first-order chi connectivity index (χ1) is 6.13. The van der Waals surface area contributed by atoms with E-state index in [1.54, 1.807) is 13.1 Å². The van der Waals surface area contributed by atoms with Crippen molar-refractivity contribution in [2.75, 3.05) is 0 Å². The number of aromatic amines is 1. The van der Waals surface area contributed by atoms with E-state index in [1.165, 1.54) is 0 Å². The Morgan fingerprint density at radius 1 is 1.77 bits per heavy atom. The second kappa shape index (κ2) is 4.07. The van der Waals surface area contributed by atoms with Crippen molar-refractivity contribution < 1.29 is 9.90 Å². The zero-order valence-corrected chi connectivity index (χ0v) is 7.87. The molecule has 0 saturated heterocycles. The average molecular weight is 182 g/mol. The fourth-order valence-corrected chi connectivity index (χ4v) is 1.07. The lowest BCUT2D eigenvalue weighted by atomic mass is 10.1. The summed E-state index contributed by atoms with van der Waals surface area (Å²) < 4.78 is 0. The number of nitrogens with zero attached hydrogens (tertiary/aromatic N) is 1. The first-order valence-electron chi connectivity index (χ1n) is 4.39. The molecule has 13 heavy (non-hydrogen) atoms. The minimum Gasteiger partial charge on any atom is -0.481 e. The average Bonchev–Trinajstić information content (AvgIpc) is 2.52. The SMILES string of the molecule is CCc1cnc(CC(C)C(=O)O)[nH]1. The Balaban J connectivity index is 2.58. The van der Waals surface area contributed by atoms with Gasteiger partial charge in [-0.25, -0.2) is 4.98 Å². The van der Waals surface area contributed by atoms with Crippen LogP contribution in [-0.4, -0.2) is 21.0 Å². The number of rotatable bonds is 4. The van der Waals surface area contributed by atoms with Crippen LogP contribution in [0.1, 0.15) is 25.4 Å². The first-order valence-corrected chi connectivity index (χ1v) is 4.39. The molecule has 1 heterocycles. The van der Waals surface area contributed by atoms with E-state index in [4.69, 9.17) is 5.11 Å². The van der Waals surface area contributed by atoms with Gasteiger partial charge in [-0.3, -0.25) is 4.79 Å². The van der Waals surface area contributed by atoms with Crippen LogP contribution in [0.3, 0.4) is 0 Å². The number of nitrogens with one attached hydrogen (secondary N) is 1. The lowest BCUT2D eigenvalue weighted by Gasteiger charge is -2.01. The molecule has 4 heteroatoms. The highest BCUT2D eigenvalue weighted by molar-refractivity contribution is 5.69. The van der Waals surface area contributed by atoms with Crippen LogP contribution in [-0.2, 0) is 17.6 Å². The van der Waals surface area contributed by atoms with Gasteiger partial charge < -0.3 is 10.1 Å². The molecule has 0 saturated carbocycles. The molecule has 1 rings (SSSR count). The van der Waals surface area contributed by atoms with Crippen molar-refractivity contribution >= 4 is 5.97 Å². The number of imidazole rings is 1. The molecule has 0 aliphatic heterocycles. The quantitative estimate of drug-likeness (QED) is 0.736. The summed E-state index contributed by atoms with van der Waals surface area (Å²) >= 11 is 0. The lowest BCUT2D eigenvalue weighted by Crippen LogP contribution is -2.13. The molecule has 0 amide bonds. The second-order valence-corrected chi connectivity index (χ2v) is 3.15. The van der Waals surface area contributed by atoms with Crippen molar-refractivity contribution in [1.29, 1.82) is 0 Å². The van der Waals surface area contributed by atoms with Gasteiger partial charge in [-0.05, 0) is 6.42 Å². The minimum absolute atomic E-state index is 0.379. The molecular formula is C9H14N2O2. The van der Waals surface area contributed by atoms with Gasteiger partial charge in [-0.2, -0.15) is 0 Å². The smallest absolute Gasteiger partial charge is 0.306 e. The Morgan fingerprint density at radius 3 is 2.92 bits per heavy atom. The summed E-state index contributed by atoms with van der Waals surface area (Å²) in [6.45, 7) is 3.70. The summed E-state index contributed by atoms with van der Waals surface area (Å²) in [4.78, 5) is 17.7. The van der Waals surface area contributed by atoms with Crippen LogP contribution in [0.4, 0.5) is 0 Å². The van der Waals surface area contributed by atoms with Gasteiger partial charge in [-0.1, -0.05) is 13.8 Å². The van der Waals surface area contributed by atoms with E-state index in [2.05, 4.69) is 9.97 Å². The van der Waals surface area contributed by atoms with Gasteiger partial charge in [0.1, 0.15) is 5.82 Å². The number of carbonyl (C=O) groups is 1. The van der Waals surface area contributed by atoms with E-state index in [1.807, 2.05) is 6.92 Å². The molecule has 0 aromatic carbocycles. The maximum atomic E-state index is 10.5. The topological polar surface area (TPSA) is 66.0 Å². The van der Waals surface area contributed by atoms with Gasteiger partial charge >= 0.3 is 5.97 Å². The maximum Gasteiger partial charge on any atom is 0.306 e. The monoisotopic (exact) mass is 182 g/mol. The molecule has 2 N–H and O–H groups in total. The number of aromatic nitrogens is 2. The number of aryl methyl sites for hydroxylation is 1. The molecule has 0 aliphatic rings. The summed E-state index contributed by atoms with van der Waals surface area (Å²) in [6.07, 6.45) is 3.12. The maximum absolute atomic E-state index is 10.5. The van der Waals surface area contributed by atoms with Crippen LogP contribution in [0.5, 0.6) is 0 Å². The Morgan fingerprint density at radius 2 is 2.46 bits per heavy atom. The van der Waals surface area contributed by atoms with E-state index >= 15 is 0 Å². The van der Waals surface area contributed by atoms with Crippen LogP contribution in [0.25, 0.3) is 0 Å². The van der Waals surface area contributed by atoms with Crippen molar-refractivity contribution in [3.63, 3.8) is 0 Å². The van der Waals surface area contributed by atoms with Gasteiger partial charge in [0.2, 0.25) is 0 Å². The highest BCUT2D eigenvalue weighted by atomic mass is 16.4. The number of hydrogen-bond donors (Lipinski definition) is 2. The third-order valence-electron chi connectivity index (χ3n) is 1.98. The molecule has 1 aromatic rings. The van der Waals surface area contributed by atoms with Crippen molar-refractivity contribution in [2.24, 2.45) is 5.92 Å². The van der Waals surface area contributed by atoms with Crippen LogP contribution in [0.15, 0.2) is 6.20 Å². The second-order valence-electron chi connectivity index (χ2n) is 3.15. The highest BCUT2D eigenvalue weighted by Crippen LogP contribution is 2.05. The van der Waals surface area contributed by atoms with E-state index < -0.39 is 5.97 Å². The molecule has 0 radical (unpaired) electrons. The third kappa shape index (κ3) is 2.57. The van der Waals surface area contributed by atoms with Gasteiger partial charge in [0.05, 0.1) is 5.92 Å². The largest absolute Gasteiger partial charge is 0.481 e. The molecular weight excluding hydrogens is 168 g/mol. The van der Waals surface area contributed by atoms with Crippen molar-refractivity contribution in [2.45, 2.75) is 26.7 Å².